The van der Waals surface area contributed by atoms with Gasteiger partial charge in [0.05, 0.1) is 17.7 Å². The molecule has 0 amide bonds. The minimum Gasteiger partial charge on any atom is -0.468 e. The molecule has 0 saturated heterocycles. The third kappa shape index (κ3) is 2.84. The molecular weight excluding hydrogens is 208 g/mol. The van der Waals surface area contributed by atoms with Crippen molar-refractivity contribution in [3.05, 3.63) is 48.2 Å². The van der Waals surface area contributed by atoms with Crippen molar-refractivity contribution in [1.29, 1.82) is 0 Å². The van der Waals surface area contributed by atoms with Crippen LogP contribution in [0.25, 0.3) is 0 Å². The van der Waals surface area contributed by atoms with Gasteiger partial charge in [-0.05, 0) is 24.3 Å². The van der Waals surface area contributed by atoms with E-state index in [-0.39, 0.29) is 0 Å². The highest BCUT2D eigenvalue weighted by molar-refractivity contribution is 7.98. The van der Waals surface area contributed by atoms with Crippen LogP contribution in [-0.2, 0) is 12.3 Å². The van der Waals surface area contributed by atoms with E-state index in [0.29, 0.717) is 6.54 Å². The van der Waals surface area contributed by atoms with Crippen molar-refractivity contribution in [3.8, 4) is 0 Å². The zero-order valence-corrected chi connectivity index (χ0v) is 9.04. The Labute approximate surface area is 92.7 Å². The van der Waals surface area contributed by atoms with Gasteiger partial charge in [-0.15, -0.1) is 11.8 Å². The fraction of sp³-hybridized carbons (Fsp3) is 0.182. The van der Waals surface area contributed by atoms with E-state index in [1.807, 2.05) is 30.5 Å². The summed E-state index contributed by atoms with van der Waals surface area (Å²) < 4.78 is 5.24. The summed E-state index contributed by atoms with van der Waals surface area (Å²) >= 11 is 1.70. The van der Waals surface area contributed by atoms with Crippen LogP contribution in [0.3, 0.4) is 0 Å². The Morgan fingerprint density at radius 3 is 2.87 bits per heavy atom. The van der Waals surface area contributed by atoms with Crippen LogP contribution in [0.1, 0.15) is 11.5 Å². The van der Waals surface area contributed by atoms with Crippen LogP contribution < -0.4 is 5.73 Å². The molecular formula is C11H12N2OS. The highest BCUT2D eigenvalue weighted by Crippen LogP contribution is 2.21. The van der Waals surface area contributed by atoms with E-state index in [9.17, 15) is 0 Å². The minimum atomic E-state index is 0.489. The predicted octanol–water partition coefficient (Wildman–Crippen LogP) is 2.43. The average Bonchev–Trinajstić information content (AvgIpc) is 2.80. The summed E-state index contributed by atoms with van der Waals surface area (Å²) in [7, 11) is 0. The molecule has 4 heteroatoms. The summed E-state index contributed by atoms with van der Waals surface area (Å²) in [4.78, 5) is 5.35. The van der Waals surface area contributed by atoms with Crippen LogP contribution in [0.15, 0.2) is 46.0 Å². The standard InChI is InChI=1S/C11H12N2OS/c12-6-9-3-4-11(7-13-9)15-8-10-2-1-5-14-10/h1-5,7H,6,8,12H2. The number of aromatic nitrogens is 1. The lowest BCUT2D eigenvalue weighted by Gasteiger charge is -2.00. The SMILES string of the molecule is NCc1ccc(SCc2ccco2)cn1. The Morgan fingerprint density at radius 1 is 1.33 bits per heavy atom. The smallest absolute Gasteiger partial charge is 0.113 e. The van der Waals surface area contributed by atoms with Gasteiger partial charge < -0.3 is 10.2 Å². The lowest BCUT2D eigenvalue weighted by Crippen LogP contribution is -1.98. The summed E-state index contributed by atoms with van der Waals surface area (Å²) in [5.74, 6) is 1.80. The zero-order valence-electron chi connectivity index (χ0n) is 8.22. The lowest BCUT2D eigenvalue weighted by molar-refractivity contribution is 0.530. The Balaban J connectivity index is 1.93. The molecule has 0 aromatic carbocycles. The summed E-state index contributed by atoms with van der Waals surface area (Å²) in [6, 6.07) is 7.84. The van der Waals surface area contributed by atoms with Gasteiger partial charge in [-0.3, -0.25) is 4.98 Å². The van der Waals surface area contributed by atoms with Crippen LogP contribution in [0.4, 0.5) is 0 Å². The molecule has 2 heterocycles. The molecule has 0 aliphatic heterocycles. The van der Waals surface area contributed by atoms with Crippen molar-refractivity contribution in [2.45, 2.75) is 17.2 Å². The minimum absolute atomic E-state index is 0.489. The van der Waals surface area contributed by atoms with E-state index in [1.54, 1.807) is 18.0 Å². The van der Waals surface area contributed by atoms with E-state index < -0.39 is 0 Å². The van der Waals surface area contributed by atoms with Crippen LogP contribution >= 0.6 is 11.8 Å². The van der Waals surface area contributed by atoms with Gasteiger partial charge in [0.1, 0.15) is 5.76 Å². The maximum atomic E-state index is 5.47. The Hall–Kier alpha value is -1.26. The highest BCUT2D eigenvalue weighted by Gasteiger charge is 1.99. The molecule has 3 nitrogen and oxygen atoms in total. The number of hydrogen-bond acceptors (Lipinski definition) is 4. The normalized spacial score (nSPS) is 10.5. The third-order valence-electron chi connectivity index (χ3n) is 1.97. The van der Waals surface area contributed by atoms with Gasteiger partial charge in [0, 0.05) is 17.6 Å². The Bertz CT molecular complexity index is 397. The van der Waals surface area contributed by atoms with Crippen molar-refractivity contribution < 1.29 is 4.42 Å². The maximum Gasteiger partial charge on any atom is 0.113 e. The van der Waals surface area contributed by atoms with Crippen LogP contribution in [0.5, 0.6) is 0 Å². The molecule has 2 rings (SSSR count). The van der Waals surface area contributed by atoms with Gasteiger partial charge in [-0.25, -0.2) is 0 Å². The number of rotatable bonds is 4. The van der Waals surface area contributed by atoms with Gasteiger partial charge in [-0.2, -0.15) is 0 Å². The second-order valence-electron chi connectivity index (χ2n) is 3.06. The average molecular weight is 220 g/mol. The van der Waals surface area contributed by atoms with E-state index in [2.05, 4.69) is 4.98 Å². The van der Waals surface area contributed by atoms with E-state index >= 15 is 0 Å². The molecule has 0 spiro atoms. The quantitative estimate of drug-likeness (QED) is 0.804. The number of furan rings is 1. The summed E-state index contributed by atoms with van der Waals surface area (Å²) in [5, 5.41) is 0. The second kappa shape index (κ2) is 5.00. The van der Waals surface area contributed by atoms with Crippen molar-refractivity contribution in [2.75, 3.05) is 0 Å². The highest BCUT2D eigenvalue weighted by atomic mass is 32.2. The predicted molar refractivity (Wildman–Crippen MR) is 60.4 cm³/mol. The third-order valence-corrected chi connectivity index (χ3v) is 2.97. The molecule has 0 aliphatic rings. The Kier molecular flexibility index (Phi) is 3.42. The van der Waals surface area contributed by atoms with Gasteiger partial charge in [-0.1, -0.05) is 0 Å². The summed E-state index contributed by atoms with van der Waals surface area (Å²) in [6.45, 7) is 0.489. The number of thioether (sulfide) groups is 1. The van der Waals surface area contributed by atoms with Crippen LogP contribution in [-0.4, -0.2) is 4.98 Å². The molecule has 0 unspecified atom stereocenters. The van der Waals surface area contributed by atoms with Crippen LogP contribution in [0.2, 0.25) is 0 Å². The fourth-order valence-electron chi connectivity index (χ4n) is 1.17. The summed E-state index contributed by atoms with van der Waals surface area (Å²) in [6.07, 6.45) is 3.53. The summed E-state index contributed by atoms with van der Waals surface area (Å²) in [5.41, 5.74) is 6.38. The van der Waals surface area contributed by atoms with Crippen molar-refractivity contribution in [1.82, 2.24) is 4.98 Å². The van der Waals surface area contributed by atoms with Gasteiger partial charge in [0.25, 0.3) is 0 Å². The molecule has 78 valence electrons. The monoisotopic (exact) mass is 220 g/mol. The molecule has 2 N–H and O–H groups in total. The molecule has 2 aromatic heterocycles. The van der Waals surface area contributed by atoms with Crippen molar-refractivity contribution >= 4 is 11.8 Å². The van der Waals surface area contributed by atoms with E-state index in [1.165, 1.54) is 0 Å². The number of hydrogen-bond donors (Lipinski definition) is 1. The Morgan fingerprint density at radius 2 is 2.27 bits per heavy atom. The van der Waals surface area contributed by atoms with E-state index in [4.69, 9.17) is 10.2 Å². The molecule has 0 aliphatic carbocycles. The van der Waals surface area contributed by atoms with Crippen molar-refractivity contribution in [3.63, 3.8) is 0 Å². The molecule has 15 heavy (non-hydrogen) atoms. The first kappa shape index (κ1) is 10.3. The van der Waals surface area contributed by atoms with Gasteiger partial charge in [0.15, 0.2) is 0 Å². The van der Waals surface area contributed by atoms with Crippen LogP contribution in [0, 0.1) is 0 Å². The van der Waals surface area contributed by atoms with E-state index in [0.717, 1.165) is 22.1 Å². The largest absolute Gasteiger partial charge is 0.468 e. The number of nitrogens with two attached hydrogens (primary N) is 1. The zero-order chi connectivity index (χ0) is 10.5. The van der Waals surface area contributed by atoms with Gasteiger partial charge in [0.2, 0.25) is 0 Å². The first-order chi connectivity index (χ1) is 7.38. The molecule has 0 fully saturated rings. The maximum absolute atomic E-state index is 5.47. The first-order valence-electron chi connectivity index (χ1n) is 4.68. The second-order valence-corrected chi connectivity index (χ2v) is 4.11. The van der Waals surface area contributed by atoms with Crippen molar-refractivity contribution in [2.24, 2.45) is 5.73 Å². The lowest BCUT2D eigenvalue weighted by atomic mass is 10.4. The topological polar surface area (TPSA) is 52.0 Å². The molecule has 0 atom stereocenters. The fourth-order valence-corrected chi connectivity index (χ4v) is 1.93. The number of nitrogens with zero attached hydrogens (tertiary/aromatic N) is 1. The van der Waals surface area contributed by atoms with Gasteiger partial charge >= 0.3 is 0 Å². The molecule has 0 saturated carbocycles. The molecule has 2 aromatic rings. The molecule has 0 bridgehead atoms. The number of pyridine rings is 1. The first-order valence-corrected chi connectivity index (χ1v) is 5.67. The molecule has 0 radical (unpaired) electrons.